The van der Waals surface area contributed by atoms with E-state index in [-0.39, 0.29) is 5.82 Å². The van der Waals surface area contributed by atoms with Gasteiger partial charge in [0, 0.05) is 35.6 Å². The Labute approximate surface area is 149 Å². The number of benzene rings is 2. The number of aryl methyl sites for hydroxylation is 1. The summed E-state index contributed by atoms with van der Waals surface area (Å²) in [5, 5.41) is 0.670. The van der Waals surface area contributed by atoms with E-state index in [0.717, 1.165) is 29.3 Å². The predicted molar refractivity (Wildman–Crippen MR) is 97.1 cm³/mol. The third-order valence-electron chi connectivity index (χ3n) is 4.22. The molecule has 4 nitrogen and oxygen atoms in total. The first kappa shape index (κ1) is 15.8. The molecule has 0 amide bonds. The lowest BCUT2D eigenvalue weighted by molar-refractivity contribution is 0.629. The van der Waals surface area contributed by atoms with Crippen LogP contribution in [0.1, 0.15) is 12.7 Å². The molecule has 6 heteroatoms. The monoisotopic (exact) mass is 354 g/mol. The summed E-state index contributed by atoms with van der Waals surface area (Å²) in [5.74, 6) is 1.41. The average Bonchev–Trinajstić information content (AvgIpc) is 3.18. The van der Waals surface area contributed by atoms with E-state index in [2.05, 4.69) is 21.5 Å². The Balaban J connectivity index is 1.77. The maximum Gasteiger partial charge on any atom is 0.140 e. The van der Waals surface area contributed by atoms with Crippen LogP contribution in [0.3, 0.4) is 0 Å². The number of rotatable bonds is 4. The molecule has 25 heavy (non-hydrogen) atoms. The molecular weight excluding hydrogens is 339 g/mol. The van der Waals surface area contributed by atoms with Gasteiger partial charge in [-0.1, -0.05) is 23.7 Å². The molecule has 126 valence electrons. The van der Waals surface area contributed by atoms with Crippen LogP contribution in [0.4, 0.5) is 4.39 Å². The van der Waals surface area contributed by atoms with E-state index in [1.807, 2.05) is 35.0 Å². The summed E-state index contributed by atoms with van der Waals surface area (Å²) in [6.07, 6.45) is 3.67. The fourth-order valence-electron chi connectivity index (χ4n) is 3.10. The summed E-state index contributed by atoms with van der Waals surface area (Å²) >= 11 is 6.10. The SMILES string of the molecule is CCn1c(Cn2ccnc2-c2cccc(Cl)c2)nc2cc(F)ccc21. The Hall–Kier alpha value is -2.66. The molecule has 0 bridgehead atoms. The van der Waals surface area contributed by atoms with Crippen LogP contribution in [0.15, 0.2) is 54.9 Å². The van der Waals surface area contributed by atoms with Crippen molar-refractivity contribution in [3.05, 3.63) is 71.5 Å². The molecule has 0 aliphatic heterocycles. The van der Waals surface area contributed by atoms with Crippen molar-refractivity contribution in [2.45, 2.75) is 20.0 Å². The van der Waals surface area contributed by atoms with Crippen LogP contribution in [-0.4, -0.2) is 19.1 Å². The Morgan fingerprint density at radius 2 is 2.04 bits per heavy atom. The largest absolute Gasteiger partial charge is 0.327 e. The smallest absolute Gasteiger partial charge is 0.140 e. The maximum atomic E-state index is 13.5. The standard InChI is InChI=1S/C19H16ClFN4/c1-2-25-17-7-6-15(21)11-16(17)23-18(25)12-24-9-8-22-19(24)13-4-3-5-14(20)10-13/h3-11H,2,12H2,1H3. The fraction of sp³-hybridized carbons (Fsp3) is 0.158. The second kappa shape index (κ2) is 6.33. The van der Waals surface area contributed by atoms with Crippen LogP contribution in [0.5, 0.6) is 0 Å². The Kier molecular flexibility index (Phi) is 4.01. The zero-order valence-electron chi connectivity index (χ0n) is 13.7. The van der Waals surface area contributed by atoms with Gasteiger partial charge in [0.25, 0.3) is 0 Å². The summed E-state index contributed by atoms with van der Waals surface area (Å²) in [6.45, 7) is 3.37. The van der Waals surface area contributed by atoms with E-state index < -0.39 is 0 Å². The summed E-state index contributed by atoms with van der Waals surface area (Å²) in [7, 11) is 0. The first-order valence-corrected chi connectivity index (χ1v) is 8.45. The molecule has 0 saturated heterocycles. The van der Waals surface area contributed by atoms with Gasteiger partial charge in [-0.2, -0.15) is 0 Å². The van der Waals surface area contributed by atoms with Crippen LogP contribution in [-0.2, 0) is 13.1 Å². The van der Waals surface area contributed by atoms with Gasteiger partial charge in [-0.05, 0) is 31.2 Å². The van der Waals surface area contributed by atoms with Crippen LogP contribution in [0.2, 0.25) is 5.02 Å². The normalized spacial score (nSPS) is 11.3. The first-order valence-electron chi connectivity index (χ1n) is 8.07. The zero-order chi connectivity index (χ0) is 17.4. The molecule has 0 spiro atoms. The summed E-state index contributed by atoms with van der Waals surface area (Å²) in [6, 6.07) is 12.3. The molecule has 0 saturated carbocycles. The quantitative estimate of drug-likeness (QED) is 0.529. The minimum absolute atomic E-state index is 0.276. The van der Waals surface area contributed by atoms with Gasteiger partial charge in [-0.3, -0.25) is 0 Å². The van der Waals surface area contributed by atoms with E-state index in [4.69, 9.17) is 11.6 Å². The van der Waals surface area contributed by atoms with Crippen LogP contribution < -0.4 is 0 Å². The average molecular weight is 355 g/mol. The summed E-state index contributed by atoms with van der Waals surface area (Å²) in [5.41, 5.74) is 2.55. The lowest BCUT2D eigenvalue weighted by Crippen LogP contribution is -2.08. The van der Waals surface area contributed by atoms with E-state index in [1.165, 1.54) is 12.1 Å². The van der Waals surface area contributed by atoms with E-state index in [0.29, 0.717) is 17.1 Å². The molecular formula is C19H16ClFN4. The van der Waals surface area contributed by atoms with Gasteiger partial charge in [0.1, 0.15) is 17.5 Å². The van der Waals surface area contributed by atoms with Crippen molar-refractivity contribution in [1.29, 1.82) is 0 Å². The number of fused-ring (bicyclic) bond motifs is 1. The highest BCUT2D eigenvalue weighted by atomic mass is 35.5. The van der Waals surface area contributed by atoms with Gasteiger partial charge >= 0.3 is 0 Å². The van der Waals surface area contributed by atoms with Crippen molar-refractivity contribution in [3.63, 3.8) is 0 Å². The molecule has 0 fully saturated rings. The number of hydrogen-bond donors (Lipinski definition) is 0. The third-order valence-corrected chi connectivity index (χ3v) is 4.45. The molecule has 4 aromatic rings. The van der Waals surface area contributed by atoms with Gasteiger partial charge in [0.2, 0.25) is 0 Å². The Morgan fingerprint density at radius 3 is 2.84 bits per heavy atom. The van der Waals surface area contributed by atoms with Crippen molar-refractivity contribution in [2.24, 2.45) is 0 Å². The maximum absolute atomic E-state index is 13.5. The van der Waals surface area contributed by atoms with E-state index in [1.54, 1.807) is 12.3 Å². The van der Waals surface area contributed by atoms with Crippen LogP contribution in [0.25, 0.3) is 22.4 Å². The Morgan fingerprint density at radius 1 is 1.16 bits per heavy atom. The highest BCUT2D eigenvalue weighted by Crippen LogP contribution is 2.23. The van der Waals surface area contributed by atoms with Crippen molar-refractivity contribution in [1.82, 2.24) is 19.1 Å². The number of nitrogens with zero attached hydrogens (tertiary/aromatic N) is 4. The summed E-state index contributed by atoms with van der Waals surface area (Å²) in [4.78, 5) is 9.07. The number of hydrogen-bond acceptors (Lipinski definition) is 2. The van der Waals surface area contributed by atoms with Crippen LogP contribution in [0, 0.1) is 5.82 Å². The highest BCUT2D eigenvalue weighted by molar-refractivity contribution is 6.30. The van der Waals surface area contributed by atoms with Crippen LogP contribution >= 0.6 is 11.6 Å². The molecule has 0 radical (unpaired) electrons. The van der Waals surface area contributed by atoms with Crippen molar-refractivity contribution < 1.29 is 4.39 Å². The second-order valence-corrected chi connectivity index (χ2v) is 6.23. The zero-order valence-corrected chi connectivity index (χ0v) is 14.4. The van der Waals surface area contributed by atoms with Gasteiger partial charge < -0.3 is 9.13 Å². The predicted octanol–water partition coefficient (Wildman–Crippen LogP) is 4.76. The highest BCUT2D eigenvalue weighted by Gasteiger charge is 2.13. The van der Waals surface area contributed by atoms with Crippen molar-refractivity contribution >= 4 is 22.6 Å². The van der Waals surface area contributed by atoms with Gasteiger partial charge in [0.05, 0.1) is 17.6 Å². The summed E-state index contributed by atoms with van der Waals surface area (Å²) < 4.78 is 17.6. The molecule has 0 N–H and O–H groups in total. The van der Waals surface area contributed by atoms with Gasteiger partial charge in [-0.25, -0.2) is 14.4 Å². The number of imidazole rings is 2. The van der Waals surface area contributed by atoms with Crippen molar-refractivity contribution in [3.8, 4) is 11.4 Å². The lowest BCUT2D eigenvalue weighted by atomic mass is 10.2. The topological polar surface area (TPSA) is 35.6 Å². The molecule has 0 unspecified atom stereocenters. The molecule has 2 aromatic carbocycles. The third kappa shape index (κ3) is 2.91. The second-order valence-electron chi connectivity index (χ2n) is 5.79. The fourth-order valence-corrected chi connectivity index (χ4v) is 3.29. The lowest BCUT2D eigenvalue weighted by Gasteiger charge is -2.10. The minimum atomic E-state index is -0.276. The number of aromatic nitrogens is 4. The van der Waals surface area contributed by atoms with Gasteiger partial charge in [-0.15, -0.1) is 0 Å². The number of halogens is 2. The molecule has 0 aliphatic rings. The Bertz CT molecular complexity index is 1050. The molecule has 2 heterocycles. The molecule has 4 rings (SSSR count). The first-order chi connectivity index (χ1) is 12.2. The van der Waals surface area contributed by atoms with E-state index >= 15 is 0 Å². The van der Waals surface area contributed by atoms with Gasteiger partial charge in [0.15, 0.2) is 0 Å². The van der Waals surface area contributed by atoms with E-state index in [9.17, 15) is 4.39 Å². The molecule has 0 atom stereocenters. The minimum Gasteiger partial charge on any atom is -0.327 e. The molecule has 0 aliphatic carbocycles. The molecule has 2 aromatic heterocycles. The van der Waals surface area contributed by atoms with Crippen molar-refractivity contribution in [2.75, 3.05) is 0 Å².